The molecule has 1 N–H and O–H groups in total. The second kappa shape index (κ2) is 6.14. The van der Waals surface area contributed by atoms with Crippen LogP contribution in [0.2, 0.25) is 0 Å². The summed E-state index contributed by atoms with van der Waals surface area (Å²) in [6.45, 7) is 7.03. The van der Waals surface area contributed by atoms with E-state index in [0.717, 1.165) is 5.56 Å². The molecule has 0 fully saturated rings. The van der Waals surface area contributed by atoms with Gasteiger partial charge in [-0.1, -0.05) is 0 Å². The van der Waals surface area contributed by atoms with E-state index in [-0.39, 0.29) is 12.3 Å². The van der Waals surface area contributed by atoms with Gasteiger partial charge in [-0.2, -0.15) is 0 Å². The topological polar surface area (TPSA) is 68.3 Å². The Balaban J connectivity index is 2.91. The molecule has 0 aliphatic rings. The summed E-state index contributed by atoms with van der Waals surface area (Å²) in [5.41, 5.74) is 0.0456. The van der Waals surface area contributed by atoms with Gasteiger partial charge in [0.05, 0.1) is 11.1 Å². The Hall–Kier alpha value is -1.43. The van der Waals surface area contributed by atoms with Crippen LogP contribution in [0.25, 0.3) is 0 Å². The third-order valence-electron chi connectivity index (χ3n) is 2.51. The van der Waals surface area contributed by atoms with E-state index in [1.165, 1.54) is 0 Å². The second-order valence-electron chi connectivity index (χ2n) is 4.59. The van der Waals surface area contributed by atoms with E-state index < -0.39 is 17.4 Å². The molecule has 5 nitrogen and oxygen atoms in total. The van der Waals surface area contributed by atoms with Gasteiger partial charge in [0.2, 0.25) is 0 Å². The molecular weight excluding hydrogens is 312 g/mol. The number of rotatable bonds is 4. The molecule has 6 heteroatoms. The van der Waals surface area contributed by atoms with Crippen LogP contribution >= 0.6 is 15.9 Å². The summed E-state index contributed by atoms with van der Waals surface area (Å²) in [5, 5.41) is 2.62. The lowest BCUT2D eigenvalue weighted by atomic mass is 10.1. The molecule has 0 radical (unpaired) electrons. The van der Waals surface area contributed by atoms with E-state index in [9.17, 15) is 9.59 Å². The lowest BCUT2D eigenvalue weighted by Gasteiger charge is -2.23. The Morgan fingerprint density at radius 3 is 2.68 bits per heavy atom. The molecule has 1 heterocycles. The van der Waals surface area contributed by atoms with Crippen molar-refractivity contribution < 1.29 is 14.3 Å². The number of hydrogen-bond acceptors (Lipinski definition) is 4. The largest absolute Gasteiger partial charge is 0.464 e. The number of aromatic nitrogens is 1. The van der Waals surface area contributed by atoms with E-state index in [0.29, 0.717) is 4.47 Å². The first-order chi connectivity index (χ1) is 8.79. The zero-order valence-corrected chi connectivity index (χ0v) is 13.0. The first-order valence-corrected chi connectivity index (χ1v) is 6.69. The Morgan fingerprint density at radius 1 is 1.47 bits per heavy atom. The minimum Gasteiger partial charge on any atom is -0.464 e. The van der Waals surface area contributed by atoms with Crippen LogP contribution in [0.4, 0.5) is 0 Å². The third kappa shape index (κ3) is 3.76. The molecule has 1 aromatic heterocycles. The molecule has 104 valence electrons. The molecule has 1 amide bonds. The van der Waals surface area contributed by atoms with Crippen molar-refractivity contribution in [3.8, 4) is 0 Å². The summed E-state index contributed by atoms with van der Waals surface area (Å²) in [7, 11) is 0. The van der Waals surface area contributed by atoms with E-state index in [1.54, 1.807) is 33.0 Å². The first kappa shape index (κ1) is 15.6. The minimum absolute atomic E-state index is 0.248. The number of aryl methyl sites for hydroxylation is 1. The number of esters is 1. The van der Waals surface area contributed by atoms with Crippen LogP contribution in [0.15, 0.2) is 16.7 Å². The van der Waals surface area contributed by atoms with Gasteiger partial charge < -0.3 is 10.1 Å². The number of nitrogens with one attached hydrogen (secondary N) is 1. The normalized spacial score (nSPS) is 11.0. The predicted molar refractivity (Wildman–Crippen MR) is 74.9 cm³/mol. The van der Waals surface area contributed by atoms with Gasteiger partial charge in [-0.15, -0.1) is 0 Å². The number of ether oxygens (including phenoxy) is 1. The quantitative estimate of drug-likeness (QED) is 0.860. The average Bonchev–Trinajstić information content (AvgIpc) is 2.32. The van der Waals surface area contributed by atoms with Crippen LogP contribution in [0.1, 0.15) is 36.8 Å². The molecule has 0 unspecified atom stereocenters. The minimum atomic E-state index is -1.10. The van der Waals surface area contributed by atoms with Crippen molar-refractivity contribution in [2.45, 2.75) is 33.2 Å². The summed E-state index contributed by atoms with van der Waals surface area (Å²) in [6.07, 6.45) is 1.55. The van der Waals surface area contributed by atoms with Crippen LogP contribution in [0.3, 0.4) is 0 Å². The highest BCUT2D eigenvalue weighted by Crippen LogP contribution is 2.19. The number of carbonyl (C=O) groups is 2. The molecule has 1 aromatic rings. The number of amides is 1. The van der Waals surface area contributed by atoms with Crippen molar-refractivity contribution in [1.82, 2.24) is 10.3 Å². The maximum absolute atomic E-state index is 12.1. The Kier molecular flexibility index (Phi) is 5.05. The van der Waals surface area contributed by atoms with Crippen LogP contribution < -0.4 is 5.32 Å². The van der Waals surface area contributed by atoms with Crippen LogP contribution in [0, 0.1) is 6.92 Å². The lowest BCUT2D eigenvalue weighted by Crippen LogP contribution is -2.50. The standard InChI is InChI=1S/C13H17BrN2O3/c1-5-19-12(18)13(3,4)16-11(17)10-9(14)8(2)6-7-15-10/h6-7H,5H2,1-4H3,(H,16,17). The van der Waals surface area contributed by atoms with Gasteiger partial charge in [0, 0.05) is 6.20 Å². The van der Waals surface area contributed by atoms with Crippen LogP contribution in [-0.4, -0.2) is 29.0 Å². The van der Waals surface area contributed by atoms with Crippen LogP contribution in [-0.2, 0) is 9.53 Å². The van der Waals surface area contributed by atoms with Crippen molar-refractivity contribution in [3.05, 3.63) is 28.0 Å². The summed E-state index contributed by atoms with van der Waals surface area (Å²) in [4.78, 5) is 27.9. The van der Waals surface area contributed by atoms with E-state index in [4.69, 9.17) is 4.74 Å². The van der Waals surface area contributed by atoms with E-state index in [1.807, 2.05) is 6.92 Å². The first-order valence-electron chi connectivity index (χ1n) is 5.90. The molecule has 0 saturated heterocycles. The number of hydrogen-bond donors (Lipinski definition) is 1. The fraction of sp³-hybridized carbons (Fsp3) is 0.462. The maximum Gasteiger partial charge on any atom is 0.331 e. The fourth-order valence-corrected chi connectivity index (χ4v) is 1.82. The number of carbonyl (C=O) groups excluding carboxylic acids is 2. The van der Waals surface area contributed by atoms with Crippen molar-refractivity contribution in [1.29, 1.82) is 0 Å². The van der Waals surface area contributed by atoms with Gasteiger partial charge in [0.15, 0.2) is 0 Å². The van der Waals surface area contributed by atoms with Gasteiger partial charge in [-0.25, -0.2) is 9.78 Å². The van der Waals surface area contributed by atoms with Crippen molar-refractivity contribution in [2.75, 3.05) is 6.61 Å². The molecule has 0 aliphatic heterocycles. The number of nitrogens with zero attached hydrogens (tertiary/aromatic N) is 1. The van der Waals surface area contributed by atoms with Gasteiger partial charge in [0.25, 0.3) is 5.91 Å². The average molecular weight is 329 g/mol. The molecule has 0 atom stereocenters. The smallest absolute Gasteiger partial charge is 0.331 e. The maximum atomic E-state index is 12.1. The van der Waals surface area contributed by atoms with Gasteiger partial charge in [-0.05, 0) is 55.3 Å². The molecule has 0 bridgehead atoms. The monoisotopic (exact) mass is 328 g/mol. The summed E-state index contributed by atoms with van der Waals surface area (Å²) >= 11 is 3.32. The predicted octanol–water partition coefficient (Wildman–Crippen LogP) is 2.22. The highest BCUT2D eigenvalue weighted by molar-refractivity contribution is 9.10. The highest BCUT2D eigenvalue weighted by Gasteiger charge is 2.32. The summed E-state index contributed by atoms with van der Waals surface area (Å²) in [6, 6.07) is 1.79. The van der Waals surface area contributed by atoms with E-state index in [2.05, 4.69) is 26.2 Å². The van der Waals surface area contributed by atoms with Crippen molar-refractivity contribution in [3.63, 3.8) is 0 Å². The zero-order chi connectivity index (χ0) is 14.6. The molecular formula is C13H17BrN2O3. The molecule has 0 spiro atoms. The highest BCUT2D eigenvalue weighted by atomic mass is 79.9. The summed E-state index contributed by atoms with van der Waals surface area (Å²) in [5.74, 6) is -0.902. The Bertz CT molecular complexity index is 501. The van der Waals surface area contributed by atoms with Gasteiger partial charge in [-0.3, -0.25) is 4.79 Å². The van der Waals surface area contributed by atoms with Gasteiger partial charge >= 0.3 is 5.97 Å². The molecule has 0 saturated carbocycles. The Labute approximate surface area is 120 Å². The number of pyridine rings is 1. The van der Waals surface area contributed by atoms with Crippen molar-refractivity contribution >= 4 is 27.8 Å². The molecule has 0 aliphatic carbocycles. The van der Waals surface area contributed by atoms with Crippen LogP contribution in [0.5, 0.6) is 0 Å². The SMILES string of the molecule is CCOC(=O)C(C)(C)NC(=O)c1nccc(C)c1Br. The third-order valence-corrected chi connectivity index (χ3v) is 3.51. The molecule has 0 aromatic carbocycles. The molecule has 19 heavy (non-hydrogen) atoms. The second-order valence-corrected chi connectivity index (χ2v) is 5.38. The fourth-order valence-electron chi connectivity index (χ4n) is 1.40. The molecule has 1 rings (SSSR count). The van der Waals surface area contributed by atoms with Crippen molar-refractivity contribution in [2.24, 2.45) is 0 Å². The Morgan fingerprint density at radius 2 is 2.11 bits per heavy atom. The van der Waals surface area contributed by atoms with Gasteiger partial charge in [0.1, 0.15) is 11.2 Å². The summed E-state index contributed by atoms with van der Waals surface area (Å²) < 4.78 is 5.53. The zero-order valence-electron chi connectivity index (χ0n) is 11.4. The van der Waals surface area contributed by atoms with E-state index >= 15 is 0 Å². The lowest BCUT2D eigenvalue weighted by molar-refractivity contribution is -0.149. The number of halogens is 1.